The molecule has 9 heteroatoms. The SMILES string of the molecule is NNC(c1ccc(C(F)(F)F)c(F)c1)c1cnns1. The molecule has 0 bridgehead atoms. The molecule has 1 heterocycles. The fourth-order valence-corrected chi connectivity index (χ4v) is 2.18. The Morgan fingerprint density at radius 3 is 2.53 bits per heavy atom. The lowest BCUT2D eigenvalue weighted by atomic mass is 10.0. The molecule has 1 unspecified atom stereocenters. The van der Waals surface area contributed by atoms with Crippen LogP contribution in [0.1, 0.15) is 22.0 Å². The number of hydrazine groups is 1. The van der Waals surface area contributed by atoms with Crippen LogP contribution in [0.4, 0.5) is 17.6 Å². The van der Waals surface area contributed by atoms with Crippen molar-refractivity contribution >= 4 is 11.5 Å². The first-order valence-corrected chi connectivity index (χ1v) is 5.81. The van der Waals surface area contributed by atoms with Gasteiger partial charge in [0.25, 0.3) is 0 Å². The van der Waals surface area contributed by atoms with Crippen LogP contribution in [0, 0.1) is 5.82 Å². The Labute approximate surface area is 109 Å². The minimum Gasteiger partial charge on any atom is -0.271 e. The minimum atomic E-state index is -4.72. The highest BCUT2D eigenvalue weighted by molar-refractivity contribution is 7.05. The number of nitrogens with one attached hydrogen (secondary N) is 1. The van der Waals surface area contributed by atoms with E-state index in [0.29, 0.717) is 10.9 Å². The van der Waals surface area contributed by atoms with Crippen molar-refractivity contribution in [1.82, 2.24) is 15.0 Å². The molecule has 0 spiro atoms. The molecule has 0 saturated carbocycles. The number of nitrogens with two attached hydrogens (primary N) is 1. The van der Waals surface area contributed by atoms with E-state index < -0.39 is 23.6 Å². The van der Waals surface area contributed by atoms with Gasteiger partial charge in [0.1, 0.15) is 5.82 Å². The van der Waals surface area contributed by atoms with E-state index in [2.05, 4.69) is 15.0 Å². The normalized spacial score (nSPS) is 13.5. The maximum absolute atomic E-state index is 13.5. The van der Waals surface area contributed by atoms with E-state index in [4.69, 9.17) is 5.84 Å². The van der Waals surface area contributed by atoms with E-state index in [9.17, 15) is 17.6 Å². The number of hydrogen-bond acceptors (Lipinski definition) is 5. The van der Waals surface area contributed by atoms with Crippen LogP contribution in [0.2, 0.25) is 0 Å². The Hall–Kier alpha value is -1.58. The standard InChI is InChI=1S/C10H8F4N4S/c11-7-3-5(1-2-6(7)10(12,13)14)9(17-15)8-4-16-18-19-8/h1-4,9,17H,15H2. The van der Waals surface area contributed by atoms with E-state index >= 15 is 0 Å². The Balaban J connectivity index is 2.39. The Bertz CT molecular complexity index is 555. The number of aromatic nitrogens is 2. The first kappa shape index (κ1) is 13.8. The largest absolute Gasteiger partial charge is 0.419 e. The van der Waals surface area contributed by atoms with Crippen molar-refractivity contribution in [2.75, 3.05) is 0 Å². The van der Waals surface area contributed by atoms with Gasteiger partial charge in [-0.2, -0.15) is 13.2 Å². The summed E-state index contributed by atoms with van der Waals surface area (Å²) in [6, 6.07) is 1.99. The number of nitrogens with zero attached hydrogens (tertiary/aromatic N) is 2. The molecule has 0 aliphatic carbocycles. The van der Waals surface area contributed by atoms with Crippen molar-refractivity contribution in [2.24, 2.45) is 5.84 Å². The van der Waals surface area contributed by atoms with E-state index in [1.54, 1.807) is 0 Å². The molecule has 2 aromatic rings. The zero-order chi connectivity index (χ0) is 14.0. The molecule has 19 heavy (non-hydrogen) atoms. The molecule has 0 fully saturated rings. The van der Waals surface area contributed by atoms with E-state index in [0.717, 1.165) is 23.7 Å². The van der Waals surface area contributed by atoms with Gasteiger partial charge in [-0.3, -0.25) is 5.84 Å². The van der Waals surface area contributed by atoms with E-state index in [-0.39, 0.29) is 5.56 Å². The molecule has 4 nitrogen and oxygen atoms in total. The molecule has 0 radical (unpaired) electrons. The number of alkyl halides is 3. The van der Waals surface area contributed by atoms with Crippen molar-refractivity contribution in [3.8, 4) is 0 Å². The molecule has 102 valence electrons. The lowest BCUT2D eigenvalue weighted by Gasteiger charge is -2.15. The summed E-state index contributed by atoms with van der Waals surface area (Å²) in [7, 11) is 0. The van der Waals surface area contributed by atoms with Crippen LogP contribution in [0.3, 0.4) is 0 Å². The summed E-state index contributed by atoms with van der Waals surface area (Å²) in [5.74, 6) is 3.98. The topological polar surface area (TPSA) is 63.8 Å². The summed E-state index contributed by atoms with van der Waals surface area (Å²) in [5, 5.41) is 3.59. The van der Waals surface area contributed by atoms with Crippen molar-refractivity contribution < 1.29 is 17.6 Å². The smallest absolute Gasteiger partial charge is 0.271 e. The quantitative estimate of drug-likeness (QED) is 0.517. The van der Waals surface area contributed by atoms with Gasteiger partial charge in [-0.1, -0.05) is 10.6 Å². The molecule has 1 aromatic heterocycles. The maximum atomic E-state index is 13.5. The van der Waals surface area contributed by atoms with Gasteiger partial charge in [-0.15, -0.1) is 5.10 Å². The summed E-state index contributed by atoms with van der Waals surface area (Å²) in [5.41, 5.74) is 1.34. The van der Waals surface area contributed by atoms with E-state index in [1.807, 2.05) is 0 Å². The molecule has 3 N–H and O–H groups in total. The molecule has 0 aliphatic heterocycles. The number of benzene rings is 1. The Morgan fingerprint density at radius 2 is 2.05 bits per heavy atom. The first-order chi connectivity index (χ1) is 8.93. The van der Waals surface area contributed by atoms with Gasteiger partial charge in [-0.05, 0) is 29.2 Å². The fourth-order valence-electron chi connectivity index (χ4n) is 1.59. The molecule has 1 aromatic carbocycles. The van der Waals surface area contributed by atoms with Crippen LogP contribution in [0.15, 0.2) is 24.4 Å². The van der Waals surface area contributed by atoms with Gasteiger partial charge >= 0.3 is 6.18 Å². The third kappa shape index (κ3) is 2.88. The highest BCUT2D eigenvalue weighted by Crippen LogP contribution is 2.33. The van der Waals surface area contributed by atoms with Crippen LogP contribution >= 0.6 is 11.5 Å². The summed E-state index contributed by atoms with van der Waals surface area (Å²) < 4.78 is 54.4. The third-order valence-electron chi connectivity index (χ3n) is 2.46. The summed E-state index contributed by atoms with van der Waals surface area (Å²) in [4.78, 5) is 0.571. The molecular formula is C10H8F4N4S. The zero-order valence-electron chi connectivity index (χ0n) is 9.28. The number of halogens is 4. The Morgan fingerprint density at radius 1 is 1.32 bits per heavy atom. The van der Waals surface area contributed by atoms with Crippen LogP contribution in [0.25, 0.3) is 0 Å². The molecule has 0 aliphatic rings. The van der Waals surface area contributed by atoms with Crippen molar-refractivity contribution in [2.45, 2.75) is 12.2 Å². The van der Waals surface area contributed by atoms with Gasteiger partial charge in [0.15, 0.2) is 0 Å². The van der Waals surface area contributed by atoms with Gasteiger partial charge in [0, 0.05) is 0 Å². The lowest BCUT2D eigenvalue weighted by molar-refractivity contribution is -0.140. The predicted molar refractivity (Wildman–Crippen MR) is 60.5 cm³/mol. The lowest BCUT2D eigenvalue weighted by Crippen LogP contribution is -2.28. The second kappa shape index (κ2) is 5.19. The van der Waals surface area contributed by atoms with Crippen molar-refractivity contribution in [1.29, 1.82) is 0 Å². The highest BCUT2D eigenvalue weighted by Gasteiger charge is 2.34. The average molecular weight is 292 g/mol. The van der Waals surface area contributed by atoms with Crippen LogP contribution in [-0.4, -0.2) is 9.59 Å². The molecule has 2 rings (SSSR count). The van der Waals surface area contributed by atoms with Crippen molar-refractivity contribution in [3.63, 3.8) is 0 Å². The minimum absolute atomic E-state index is 0.263. The summed E-state index contributed by atoms with van der Waals surface area (Å²) in [6.07, 6.45) is -3.31. The van der Waals surface area contributed by atoms with Gasteiger partial charge in [0.2, 0.25) is 0 Å². The average Bonchev–Trinajstić information content (AvgIpc) is 2.82. The van der Waals surface area contributed by atoms with Gasteiger partial charge < -0.3 is 0 Å². The van der Waals surface area contributed by atoms with Crippen LogP contribution in [-0.2, 0) is 6.18 Å². The molecule has 1 atom stereocenters. The van der Waals surface area contributed by atoms with Crippen LogP contribution < -0.4 is 11.3 Å². The first-order valence-electron chi connectivity index (χ1n) is 5.03. The second-order valence-electron chi connectivity index (χ2n) is 3.66. The summed E-state index contributed by atoms with van der Waals surface area (Å²) >= 11 is 1.02. The van der Waals surface area contributed by atoms with E-state index in [1.165, 1.54) is 6.20 Å². The third-order valence-corrected chi connectivity index (χ3v) is 3.19. The molecule has 0 saturated heterocycles. The predicted octanol–water partition coefficient (Wildman–Crippen LogP) is 2.25. The number of hydrogen-bond donors (Lipinski definition) is 2. The number of rotatable bonds is 3. The maximum Gasteiger partial charge on any atom is 0.419 e. The van der Waals surface area contributed by atoms with Gasteiger partial charge in [0.05, 0.1) is 22.7 Å². The Kier molecular flexibility index (Phi) is 3.78. The highest BCUT2D eigenvalue weighted by atomic mass is 32.1. The zero-order valence-corrected chi connectivity index (χ0v) is 10.1. The van der Waals surface area contributed by atoms with Crippen molar-refractivity contribution in [3.05, 3.63) is 46.2 Å². The van der Waals surface area contributed by atoms with Gasteiger partial charge in [-0.25, -0.2) is 9.82 Å². The monoisotopic (exact) mass is 292 g/mol. The second-order valence-corrected chi connectivity index (χ2v) is 4.47. The van der Waals surface area contributed by atoms with Crippen LogP contribution in [0.5, 0.6) is 0 Å². The summed E-state index contributed by atoms with van der Waals surface area (Å²) in [6.45, 7) is 0. The fraction of sp³-hybridized carbons (Fsp3) is 0.200. The molecule has 0 amide bonds. The molecular weight excluding hydrogens is 284 g/mol.